The fraction of sp³-hybridized carbons (Fsp3) is 1.00. The van der Waals surface area contributed by atoms with Gasteiger partial charge in [-0.3, -0.25) is 0 Å². The summed E-state index contributed by atoms with van der Waals surface area (Å²) in [6.07, 6.45) is -0.416. The topological polar surface area (TPSA) is 75.4 Å². The first-order valence-electron chi connectivity index (χ1n) is 2.27. The van der Waals surface area contributed by atoms with Gasteiger partial charge in [-0.05, 0) is 6.92 Å². The summed E-state index contributed by atoms with van der Waals surface area (Å²) < 4.78 is 14.5. The molecule has 0 saturated carbocycles. The summed E-state index contributed by atoms with van der Waals surface area (Å²) in [4.78, 5) is 10.3. The highest BCUT2D eigenvalue weighted by molar-refractivity contribution is 7.51. The van der Waals surface area contributed by atoms with Gasteiger partial charge in [-0.2, -0.15) is 0 Å². The van der Waals surface area contributed by atoms with Gasteiger partial charge in [-0.25, -0.2) is 0 Å². The molecule has 50 valence electrons. The predicted molar refractivity (Wildman–Crippen MR) is 28.3 cm³/mol. The zero-order valence-corrected chi connectivity index (χ0v) is 5.56. The Morgan fingerprint density at radius 3 is 2.50 bits per heavy atom. The Labute approximate surface area is 48.2 Å². The van der Waals surface area contributed by atoms with E-state index in [1.807, 2.05) is 0 Å². The van der Waals surface area contributed by atoms with Crippen LogP contribution in [0, 0.1) is 0 Å². The second-order valence-corrected chi connectivity index (χ2v) is 3.06. The summed E-state index contributed by atoms with van der Waals surface area (Å²) in [6, 6.07) is 0. The highest BCUT2D eigenvalue weighted by atomic mass is 31.2. The Bertz CT molecular complexity index is 105. The van der Waals surface area contributed by atoms with Gasteiger partial charge in [0.2, 0.25) is 0 Å². The summed E-state index contributed by atoms with van der Waals surface area (Å²) in [6.45, 7) is 1.76. The maximum absolute atomic E-state index is 10.3. The van der Waals surface area contributed by atoms with Gasteiger partial charge in [0.25, 0.3) is 0 Å². The summed E-state index contributed by atoms with van der Waals surface area (Å²) in [5, 5.41) is 0. The molecule has 1 atom stereocenters. The predicted octanol–water partition coefficient (Wildman–Crippen LogP) is -0.508. The van der Waals surface area contributed by atoms with E-state index in [4.69, 9.17) is 5.73 Å². The Hall–Kier alpha value is 0.110. The van der Waals surface area contributed by atoms with Crippen molar-refractivity contribution >= 4 is 7.60 Å². The maximum atomic E-state index is 10.3. The molecule has 0 saturated heterocycles. The third-order valence-electron chi connectivity index (χ3n) is 0.549. The van der Waals surface area contributed by atoms with Crippen LogP contribution < -0.4 is 10.6 Å². The number of hydrogen-bond donors (Lipinski definition) is 1. The highest BCUT2D eigenvalue weighted by Gasteiger charge is 2.00. The average molecular weight is 138 g/mol. The minimum absolute atomic E-state index is 0.165. The normalized spacial score (nSPS) is 17.9. The van der Waals surface area contributed by atoms with Crippen molar-refractivity contribution in [3.8, 4) is 0 Å². The summed E-state index contributed by atoms with van der Waals surface area (Å²) in [5.41, 5.74) is 4.79. The molecule has 0 aliphatic carbocycles. The zero-order valence-electron chi connectivity index (χ0n) is 4.66. The van der Waals surface area contributed by atoms with Crippen molar-refractivity contribution in [2.75, 3.05) is 12.9 Å². The van der Waals surface area contributed by atoms with Crippen molar-refractivity contribution in [1.82, 2.24) is 0 Å². The van der Waals surface area contributed by atoms with Crippen molar-refractivity contribution in [3.63, 3.8) is 0 Å². The summed E-state index contributed by atoms with van der Waals surface area (Å²) >= 11 is 0. The van der Waals surface area contributed by atoms with Gasteiger partial charge in [-0.1, -0.05) is 0 Å². The van der Waals surface area contributed by atoms with Crippen molar-refractivity contribution in [2.45, 2.75) is 6.92 Å². The number of nitrogens with two attached hydrogens (primary N) is 1. The monoisotopic (exact) mass is 138 g/mol. The molecule has 0 aliphatic heterocycles. The highest BCUT2D eigenvalue weighted by Crippen LogP contribution is 2.33. The molecule has 0 aliphatic rings. The minimum atomic E-state index is -3.65. The van der Waals surface area contributed by atoms with E-state index in [1.54, 1.807) is 6.92 Å². The van der Waals surface area contributed by atoms with Crippen LogP contribution in [0.15, 0.2) is 0 Å². The fourth-order valence-electron chi connectivity index (χ4n) is 0.249. The maximum Gasteiger partial charge on any atom is 0.148 e. The van der Waals surface area contributed by atoms with Crippen LogP contribution >= 0.6 is 7.60 Å². The van der Waals surface area contributed by atoms with Crippen molar-refractivity contribution in [3.05, 3.63) is 0 Å². The van der Waals surface area contributed by atoms with E-state index in [2.05, 4.69) is 4.52 Å². The molecule has 0 aromatic heterocycles. The standard InChI is InChI=1S/C3H10NO3P/c1-2-7-8(5,6)3-4/h2-4H2,1H3,(H,5,6)/p-1. The van der Waals surface area contributed by atoms with Crippen molar-refractivity contribution in [2.24, 2.45) is 5.73 Å². The van der Waals surface area contributed by atoms with Crippen LogP contribution in [0.2, 0.25) is 0 Å². The molecular weight excluding hydrogens is 129 g/mol. The van der Waals surface area contributed by atoms with E-state index in [1.165, 1.54) is 0 Å². The first-order valence-corrected chi connectivity index (χ1v) is 4.00. The molecule has 1 unspecified atom stereocenters. The molecule has 0 radical (unpaired) electrons. The van der Waals surface area contributed by atoms with Crippen LogP contribution in [0.4, 0.5) is 0 Å². The Morgan fingerprint density at radius 1 is 1.88 bits per heavy atom. The molecule has 0 spiro atoms. The Morgan fingerprint density at radius 2 is 2.38 bits per heavy atom. The van der Waals surface area contributed by atoms with Crippen LogP contribution in [-0.2, 0) is 9.09 Å². The first kappa shape index (κ1) is 8.11. The van der Waals surface area contributed by atoms with Gasteiger partial charge >= 0.3 is 0 Å². The summed E-state index contributed by atoms with van der Waals surface area (Å²) in [7, 11) is -3.65. The molecule has 0 heterocycles. The lowest BCUT2D eigenvalue weighted by Gasteiger charge is -2.19. The van der Waals surface area contributed by atoms with Gasteiger partial charge in [0, 0.05) is 0 Å². The molecule has 8 heavy (non-hydrogen) atoms. The van der Waals surface area contributed by atoms with Gasteiger partial charge in [0.15, 0.2) is 0 Å². The van der Waals surface area contributed by atoms with Crippen molar-refractivity contribution < 1.29 is 14.0 Å². The first-order chi connectivity index (χ1) is 3.62. The van der Waals surface area contributed by atoms with Crippen LogP contribution in [0.5, 0.6) is 0 Å². The molecule has 4 nitrogen and oxygen atoms in total. The van der Waals surface area contributed by atoms with Gasteiger partial charge in [0.05, 0.1) is 12.9 Å². The van der Waals surface area contributed by atoms with Crippen LogP contribution in [0.1, 0.15) is 6.92 Å². The lowest BCUT2D eigenvalue weighted by atomic mass is 10.9. The second-order valence-electron chi connectivity index (χ2n) is 1.21. The quantitative estimate of drug-likeness (QED) is 0.533. The number of hydrogen-bond acceptors (Lipinski definition) is 4. The smallest absolute Gasteiger partial charge is 0.148 e. The minimum Gasteiger partial charge on any atom is -0.778 e. The van der Waals surface area contributed by atoms with Gasteiger partial charge < -0.3 is 19.7 Å². The fourth-order valence-corrected chi connectivity index (χ4v) is 0.748. The van der Waals surface area contributed by atoms with E-state index in [9.17, 15) is 9.46 Å². The lowest BCUT2D eigenvalue weighted by molar-refractivity contribution is -0.197. The van der Waals surface area contributed by atoms with Crippen molar-refractivity contribution in [1.29, 1.82) is 0 Å². The lowest BCUT2D eigenvalue weighted by Crippen LogP contribution is -2.13. The second kappa shape index (κ2) is 3.20. The SMILES string of the molecule is CCOP(=O)([O-])CN. The van der Waals surface area contributed by atoms with Gasteiger partial charge in [-0.15, -0.1) is 0 Å². The molecule has 5 heteroatoms. The molecule has 0 bridgehead atoms. The molecule has 0 fully saturated rings. The third-order valence-corrected chi connectivity index (χ3v) is 1.65. The Kier molecular flexibility index (Phi) is 3.24. The van der Waals surface area contributed by atoms with E-state index < -0.39 is 13.9 Å². The van der Waals surface area contributed by atoms with E-state index >= 15 is 0 Å². The average Bonchev–Trinajstić information content (AvgIpc) is 1.67. The zero-order chi connectivity index (χ0) is 6.62. The molecule has 0 aromatic carbocycles. The van der Waals surface area contributed by atoms with E-state index in [0.29, 0.717) is 0 Å². The van der Waals surface area contributed by atoms with Crippen LogP contribution in [-0.4, -0.2) is 12.9 Å². The van der Waals surface area contributed by atoms with Crippen LogP contribution in [0.3, 0.4) is 0 Å². The number of rotatable bonds is 3. The van der Waals surface area contributed by atoms with E-state index in [-0.39, 0.29) is 6.61 Å². The molecule has 0 aromatic rings. The molecule has 2 N–H and O–H groups in total. The molecule has 0 rings (SSSR count). The van der Waals surface area contributed by atoms with Gasteiger partial charge in [0.1, 0.15) is 7.60 Å². The van der Waals surface area contributed by atoms with Crippen LogP contribution in [0.25, 0.3) is 0 Å². The Balaban J connectivity index is 3.55. The third kappa shape index (κ3) is 3.16. The summed E-state index contributed by atoms with van der Waals surface area (Å²) in [5.74, 6) is 0. The largest absolute Gasteiger partial charge is 0.778 e. The molecule has 0 amide bonds. The molecular formula is C3H9NO3P-. The van der Waals surface area contributed by atoms with E-state index in [0.717, 1.165) is 0 Å².